The number of carbonyl (C=O) groups excluding carboxylic acids is 2. The van der Waals surface area contributed by atoms with E-state index in [2.05, 4.69) is 62.7 Å². The van der Waals surface area contributed by atoms with E-state index in [-0.39, 0.29) is 61.3 Å². The Labute approximate surface area is 404 Å². The van der Waals surface area contributed by atoms with E-state index in [0.29, 0.717) is 55.4 Å². The van der Waals surface area contributed by atoms with Crippen molar-refractivity contribution in [2.45, 2.75) is 89.7 Å². The number of hydrogen-bond acceptors (Lipinski definition) is 9. The van der Waals surface area contributed by atoms with Crippen LogP contribution in [0.2, 0.25) is 0 Å². The standard InChI is InChI=1S/C27H25F5N6O.C21H21BrF3N5O/c1-15-12-16(6-9-18(15)26(39)35-17-7-8-17)22-14-34-25-21(33-11-3-10-27(30,31)32)13-23(37-38(22)25)36-20-5-2-4-19(28)24(20)29;1-12-9-13(3-6-15(12)20(31)28-14-4-5-14)17-11-27-19-16(10-18(22)29-30(17)19)26-8-2-7-21(23,24)25/h2,4-6,9,12-14,17,33H,3,7-8,10-11H2,1H3,(H,35,39)(H,36,37);3,6,9-11,14,26H,2,4-5,7-8H2,1H3,(H,28,31). The summed E-state index contributed by atoms with van der Waals surface area (Å²) in [5, 5.41) is 23.6. The lowest BCUT2D eigenvalue weighted by atomic mass is 10.0. The molecule has 22 heteroatoms. The monoisotopic (exact) mass is 1040 g/mol. The highest BCUT2D eigenvalue weighted by atomic mass is 79.9. The topological polar surface area (TPSA) is 155 Å². The van der Waals surface area contributed by atoms with Crippen molar-refractivity contribution < 1.29 is 44.7 Å². The summed E-state index contributed by atoms with van der Waals surface area (Å²) < 4.78 is 107. The Hall–Kier alpha value is -6.84. The lowest BCUT2D eigenvalue weighted by Gasteiger charge is -2.14. The van der Waals surface area contributed by atoms with E-state index >= 15 is 0 Å². The molecule has 2 aliphatic carbocycles. The average Bonchev–Trinajstić information content (AvgIpc) is 4.21. The van der Waals surface area contributed by atoms with Gasteiger partial charge in [0.05, 0.1) is 40.8 Å². The number of aromatic nitrogens is 6. The number of carbonyl (C=O) groups is 2. The molecule has 0 atom stereocenters. The Bertz CT molecular complexity index is 3060. The van der Waals surface area contributed by atoms with Crippen LogP contribution in [-0.4, -0.2) is 78.5 Å². The molecule has 2 fully saturated rings. The molecule has 70 heavy (non-hydrogen) atoms. The number of nitrogens with one attached hydrogen (secondary N) is 5. The van der Waals surface area contributed by atoms with Crippen molar-refractivity contribution in [1.29, 1.82) is 0 Å². The quantitative estimate of drug-likeness (QED) is 0.0470. The molecule has 0 spiro atoms. The van der Waals surface area contributed by atoms with Gasteiger partial charge in [0.1, 0.15) is 4.60 Å². The van der Waals surface area contributed by atoms with Crippen LogP contribution in [0.3, 0.4) is 0 Å². The largest absolute Gasteiger partial charge is 0.389 e. The summed E-state index contributed by atoms with van der Waals surface area (Å²) >= 11 is 3.36. The number of nitrogens with zero attached hydrogens (tertiary/aromatic N) is 6. The number of amides is 2. The van der Waals surface area contributed by atoms with Gasteiger partial charge in [0, 0.05) is 66.3 Å². The summed E-state index contributed by atoms with van der Waals surface area (Å²) in [6.45, 7) is 3.86. The number of alkyl halides is 6. The maximum absolute atomic E-state index is 14.3. The molecule has 13 nitrogen and oxygen atoms in total. The minimum atomic E-state index is -4.28. The van der Waals surface area contributed by atoms with Crippen molar-refractivity contribution in [1.82, 2.24) is 39.8 Å². The van der Waals surface area contributed by atoms with Crippen molar-refractivity contribution >= 4 is 61.9 Å². The fourth-order valence-electron chi connectivity index (χ4n) is 7.52. The van der Waals surface area contributed by atoms with Gasteiger partial charge in [-0.25, -0.2) is 27.8 Å². The summed E-state index contributed by atoms with van der Waals surface area (Å²) in [7, 11) is 0. The normalized spacial score (nSPS) is 13.8. The second-order valence-corrected chi connectivity index (χ2v) is 18.0. The first-order chi connectivity index (χ1) is 33.3. The second kappa shape index (κ2) is 20.6. The zero-order valence-electron chi connectivity index (χ0n) is 37.6. The van der Waals surface area contributed by atoms with E-state index in [9.17, 15) is 44.7 Å². The molecule has 2 amide bonds. The van der Waals surface area contributed by atoms with Crippen LogP contribution in [0, 0.1) is 25.5 Å². The number of imidazole rings is 2. The smallest absolute Gasteiger partial charge is 0.382 e. The van der Waals surface area contributed by atoms with E-state index in [1.807, 2.05) is 32.0 Å². The maximum atomic E-state index is 14.3. The molecule has 368 valence electrons. The number of benzene rings is 3. The molecule has 0 saturated heterocycles. The third-order valence-electron chi connectivity index (χ3n) is 11.4. The predicted octanol–water partition coefficient (Wildman–Crippen LogP) is 11.5. The Morgan fingerprint density at radius 2 is 1.14 bits per heavy atom. The molecular formula is C48H46BrF8N11O2. The minimum absolute atomic E-state index is 0.000939. The maximum Gasteiger partial charge on any atom is 0.389 e. The Morgan fingerprint density at radius 3 is 1.61 bits per heavy atom. The van der Waals surface area contributed by atoms with Gasteiger partial charge in [-0.2, -0.15) is 31.4 Å². The van der Waals surface area contributed by atoms with E-state index in [1.54, 1.807) is 41.2 Å². The van der Waals surface area contributed by atoms with Crippen molar-refractivity contribution in [3.05, 3.63) is 118 Å². The lowest BCUT2D eigenvalue weighted by molar-refractivity contribution is -0.135. The highest BCUT2D eigenvalue weighted by Gasteiger charge is 2.28. The molecule has 4 heterocycles. The van der Waals surface area contributed by atoms with Gasteiger partial charge in [0.15, 0.2) is 28.7 Å². The Morgan fingerprint density at radius 1 is 0.657 bits per heavy atom. The van der Waals surface area contributed by atoms with Crippen LogP contribution in [0.1, 0.15) is 83.2 Å². The first kappa shape index (κ1) is 49.6. The van der Waals surface area contributed by atoms with Crippen LogP contribution in [0.15, 0.2) is 83.7 Å². The summed E-state index contributed by atoms with van der Waals surface area (Å²) in [5.74, 6) is -2.25. The molecule has 0 radical (unpaired) electrons. The molecule has 9 rings (SSSR count). The average molecular weight is 1040 g/mol. The van der Waals surface area contributed by atoms with Crippen LogP contribution in [0.4, 0.5) is 58.0 Å². The highest BCUT2D eigenvalue weighted by Crippen LogP contribution is 2.32. The van der Waals surface area contributed by atoms with E-state index in [4.69, 9.17) is 0 Å². The SMILES string of the molecule is Cc1cc(-c2cnc3c(NCCCC(F)(F)F)cc(Br)nn23)ccc1C(=O)NC1CC1.Cc1cc(-c2cnc3c(NCCCC(F)(F)F)cc(Nc4cccc(F)c4F)nn23)ccc1C(=O)NC1CC1. The van der Waals surface area contributed by atoms with Gasteiger partial charge >= 0.3 is 12.4 Å². The van der Waals surface area contributed by atoms with Gasteiger partial charge in [-0.05, 0) is 122 Å². The highest BCUT2D eigenvalue weighted by molar-refractivity contribution is 9.10. The van der Waals surface area contributed by atoms with Gasteiger partial charge in [0.2, 0.25) is 0 Å². The fraction of sp³-hybridized carbons (Fsp3) is 0.333. The van der Waals surface area contributed by atoms with Gasteiger partial charge in [-0.3, -0.25) is 9.59 Å². The first-order valence-electron chi connectivity index (χ1n) is 22.4. The number of fused-ring (bicyclic) bond motifs is 2. The summed E-state index contributed by atoms with van der Waals surface area (Å²) in [6.07, 6.45) is -3.26. The molecular weight excluding hydrogens is 994 g/mol. The molecule has 3 aromatic carbocycles. The first-order valence-corrected chi connectivity index (χ1v) is 23.2. The van der Waals surface area contributed by atoms with Gasteiger partial charge in [-0.1, -0.05) is 18.2 Å². The third kappa shape index (κ3) is 12.5. The van der Waals surface area contributed by atoms with Crippen LogP contribution < -0.4 is 26.6 Å². The van der Waals surface area contributed by atoms with Gasteiger partial charge in [0.25, 0.3) is 11.8 Å². The zero-order chi connectivity index (χ0) is 49.9. The van der Waals surface area contributed by atoms with Crippen LogP contribution >= 0.6 is 15.9 Å². The summed E-state index contributed by atoms with van der Waals surface area (Å²) in [6, 6.07) is 18.1. The molecule has 5 N–H and O–H groups in total. The summed E-state index contributed by atoms with van der Waals surface area (Å²) in [5.41, 5.74) is 7.15. The molecule has 4 aromatic heterocycles. The van der Waals surface area contributed by atoms with Gasteiger partial charge in [-0.15, -0.1) is 5.10 Å². The predicted molar refractivity (Wildman–Crippen MR) is 252 cm³/mol. The van der Waals surface area contributed by atoms with Crippen LogP contribution in [-0.2, 0) is 0 Å². The second-order valence-electron chi connectivity index (χ2n) is 17.2. The number of aryl methyl sites for hydroxylation is 2. The third-order valence-corrected chi connectivity index (χ3v) is 11.8. The molecule has 2 saturated carbocycles. The Balaban J connectivity index is 0.000000193. The molecule has 0 unspecified atom stereocenters. The fourth-order valence-corrected chi connectivity index (χ4v) is 7.91. The number of halogens is 9. The molecule has 0 bridgehead atoms. The number of anilines is 4. The molecule has 2 aliphatic rings. The van der Waals surface area contributed by atoms with Crippen molar-refractivity contribution in [2.24, 2.45) is 0 Å². The van der Waals surface area contributed by atoms with Crippen molar-refractivity contribution in [3.8, 4) is 22.5 Å². The van der Waals surface area contributed by atoms with Crippen molar-refractivity contribution in [3.63, 3.8) is 0 Å². The van der Waals surface area contributed by atoms with Crippen molar-refractivity contribution in [2.75, 3.05) is 29.0 Å². The summed E-state index contributed by atoms with van der Waals surface area (Å²) in [4.78, 5) is 33.7. The Kier molecular flexibility index (Phi) is 14.6. The number of rotatable bonds is 16. The van der Waals surface area contributed by atoms with Crippen LogP contribution in [0.5, 0.6) is 0 Å². The molecule has 7 aromatic rings. The lowest BCUT2D eigenvalue weighted by Crippen LogP contribution is -2.26. The van der Waals surface area contributed by atoms with E-state index in [1.165, 1.54) is 22.7 Å². The number of hydrogen-bond donors (Lipinski definition) is 5. The zero-order valence-corrected chi connectivity index (χ0v) is 39.2. The van der Waals surface area contributed by atoms with E-state index in [0.717, 1.165) is 48.4 Å². The molecule has 0 aliphatic heterocycles. The van der Waals surface area contributed by atoms with E-state index < -0.39 is 36.8 Å². The van der Waals surface area contributed by atoms with Crippen LogP contribution in [0.25, 0.3) is 33.8 Å². The van der Waals surface area contributed by atoms with Gasteiger partial charge < -0.3 is 26.6 Å². The minimum Gasteiger partial charge on any atom is -0.382 e.